The molecule has 2 rings (SSSR count). The molecule has 0 bridgehead atoms. The maximum Gasteiger partial charge on any atom is 0.195 e. The summed E-state index contributed by atoms with van der Waals surface area (Å²) in [5, 5.41) is 2.93. The lowest BCUT2D eigenvalue weighted by atomic mass is 10.3. The normalized spacial score (nSPS) is 11.2. The van der Waals surface area contributed by atoms with Crippen molar-refractivity contribution in [1.82, 2.24) is 9.38 Å². The van der Waals surface area contributed by atoms with Gasteiger partial charge >= 0.3 is 0 Å². The van der Waals surface area contributed by atoms with Crippen LogP contribution in [0.5, 0.6) is 0 Å². The summed E-state index contributed by atoms with van der Waals surface area (Å²) in [4.78, 5) is 8.21. The molecule has 0 aliphatic carbocycles. The number of halogens is 1. The topological polar surface area (TPSA) is 20.5 Å². The molecule has 0 unspecified atom stereocenters. The molecule has 2 aromatic heterocycles. The molecular formula is C12H18BrN3S. The molecule has 0 aromatic carbocycles. The van der Waals surface area contributed by atoms with Crippen LogP contribution >= 0.6 is 27.3 Å². The van der Waals surface area contributed by atoms with Crippen LogP contribution in [0.15, 0.2) is 11.6 Å². The van der Waals surface area contributed by atoms with Crippen LogP contribution < -0.4 is 4.90 Å². The van der Waals surface area contributed by atoms with E-state index in [-0.39, 0.29) is 0 Å². The third kappa shape index (κ3) is 2.50. The maximum atomic E-state index is 4.74. The minimum absolute atomic E-state index is 0.850. The predicted molar refractivity (Wildman–Crippen MR) is 78.5 cm³/mol. The standard InChI is InChI=1S/C12H18BrN3S/c1-3-5-6-15(4-2)11-10(9-13)16-7-8-17-12(16)14-11/h7-8H,3-6,9H2,1-2H3. The molecular weight excluding hydrogens is 298 g/mol. The van der Waals surface area contributed by atoms with Gasteiger partial charge in [0, 0.05) is 30.0 Å². The zero-order chi connectivity index (χ0) is 12.3. The molecule has 0 fully saturated rings. The van der Waals surface area contributed by atoms with Crippen molar-refractivity contribution < 1.29 is 0 Å². The minimum Gasteiger partial charge on any atom is -0.355 e. The van der Waals surface area contributed by atoms with Gasteiger partial charge in [0.1, 0.15) is 0 Å². The van der Waals surface area contributed by atoms with E-state index in [1.165, 1.54) is 18.5 Å². The Kier molecular flexibility index (Phi) is 4.45. The highest BCUT2D eigenvalue weighted by atomic mass is 79.9. The molecule has 0 atom stereocenters. The highest BCUT2D eigenvalue weighted by Gasteiger charge is 2.16. The van der Waals surface area contributed by atoms with Crippen LogP contribution in [0.25, 0.3) is 4.96 Å². The predicted octanol–water partition coefficient (Wildman–Crippen LogP) is 3.92. The molecule has 2 heterocycles. The first-order valence-corrected chi connectivity index (χ1v) is 8.07. The zero-order valence-corrected chi connectivity index (χ0v) is 12.7. The van der Waals surface area contributed by atoms with Crippen molar-refractivity contribution in [3.05, 3.63) is 17.3 Å². The van der Waals surface area contributed by atoms with Crippen LogP contribution in [0.2, 0.25) is 0 Å². The van der Waals surface area contributed by atoms with Crippen molar-refractivity contribution >= 4 is 38.0 Å². The van der Waals surface area contributed by atoms with E-state index in [0.717, 1.165) is 29.2 Å². The van der Waals surface area contributed by atoms with E-state index in [1.807, 2.05) is 0 Å². The largest absolute Gasteiger partial charge is 0.355 e. The molecule has 0 radical (unpaired) electrons. The Labute approximate surface area is 115 Å². The molecule has 5 heteroatoms. The van der Waals surface area contributed by atoms with E-state index in [4.69, 9.17) is 4.98 Å². The van der Waals surface area contributed by atoms with Gasteiger partial charge < -0.3 is 4.90 Å². The van der Waals surface area contributed by atoms with Crippen LogP contribution in [0.3, 0.4) is 0 Å². The number of hydrogen-bond acceptors (Lipinski definition) is 3. The Morgan fingerprint density at radius 3 is 2.94 bits per heavy atom. The maximum absolute atomic E-state index is 4.74. The van der Waals surface area contributed by atoms with Crippen molar-refractivity contribution in [3.8, 4) is 0 Å². The molecule has 0 spiro atoms. The van der Waals surface area contributed by atoms with Gasteiger partial charge in [0.25, 0.3) is 0 Å². The number of nitrogens with zero attached hydrogens (tertiary/aromatic N) is 3. The molecule has 0 aliphatic heterocycles. The van der Waals surface area contributed by atoms with Gasteiger partial charge in [0.2, 0.25) is 0 Å². The number of imidazole rings is 1. The third-order valence-corrected chi connectivity index (χ3v) is 4.22. The van der Waals surface area contributed by atoms with Crippen molar-refractivity contribution in [2.45, 2.75) is 32.0 Å². The van der Waals surface area contributed by atoms with Gasteiger partial charge in [-0.1, -0.05) is 29.3 Å². The summed E-state index contributed by atoms with van der Waals surface area (Å²) in [6.45, 7) is 6.54. The van der Waals surface area contributed by atoms with Gasteiger partial charge in [-0.05, 0) is 13.3 Å². The van der Waals surface area contributed by atoms with Crippen LogP contribution in [0.4, 0.5) is 5.82 Å². The van der Waals surface area contributed by atoms with E-state index in [0.29, 0.717) is 0 Å². The Morgan fingerprint density at radius 2 is 2.29 bits per heavy atom. The molecule has 0 saturated heterocycles. The lowest BCUT2D eigenvalue weighted by Gasteiger charge is -2.21. The Balaban J connectivity index is 2.34. The van der Waals surface area contributed by atoms with Crippen LogP contribution in [0.1, 0.15) is 32.4 Å². The number of hydrogen-bond donors (Lipinski definition) is 0. The lowest BCUT2D eigenvalue weighted by Crippen LogP contribution is -2.25. The van der Waals surface area contributed by atoms with E-state index >= 15 is 0 Å². The Bertz CT molecular complexity index is 477. The van der Waals surface area contributed by atoms with Crippen LogP contribution in [0, 0.1) is 0 Å². The SMILES string of the molecule is CCCCN(CC)c1nc2sccn2c1CBr. The van der Waals surface area contributed by atoms with Gasteiger partial charge in [-0.15, -0.1) is 11.3 Å². The summed E-state index contributed by atoms with van der Waals surface area (Å²) in [5.74, 6) is 1.14. The van der Waals surface area contributed by atoms with E-state index in [1.54, 1.807) is 11.3 Å². The van der Waals surface area contributed by atoms with Crippen molar-refractivity contribution in [1.29, 1.82) is 0 Å². The number of fused-ring (bicyclic) bond motifs is 1. The molecule has 0 N–H and O–H groups in total. The molecule has 3 nitrogen and oxygen atoms in total. The molecule has 17 heavy (non-hydrogen) atoms. The first-order chi connectivity index (χ1) is 8.31. The van der Waals surface area contributed by atoms with Crippen LogP contribution in [-0.4, -0.2) is 22.5 Å². The van der Waals surface area contributed by atoms with E-state index in [2.05, 4.69) is 50.7 Å². The lowest BCUT2D eigenvalue weighted by molar-refractivity contribution is 0.723. The fourth-order valence-corrected chi connectivity index (χ4v) is 3.21. The second kappa shape index (κ2) is 5.87. The second-order valence-electron chi connectivity index (χ2n) is 4.00. The number of rotatable bonds is 6. The quantitative estimate of drug-likeness (QED) is 0.753. The number of alkyl halides is 1. The number of thiazole rings is 1. The van der Waals surface area contributed by atoms with E-state index < -0.39 is 0 Å². The highest BCUT2D eigenvalue weighted by Crippen LogP contribution is 2.26. The fourth-order valence-electron chi connectivity index (χ4n) is 1.96. The third-order valence-electron chi connectivity index (χ3n) is 2.93. The van der Waals surface area contributed by atoms with Crippen molar-refractivity contribution in [2.75, 3.05) is 18.0 Å². The van der Waals surface area contributed by atoms with Gasteiger partial charge in [0.15, 0.2) is 10.8 Å². The first-order valence-electron chi connectivity index (χ1n) is 6.07. The highest BCUT2D eigenvalue weighted by molar-refractivity contribution is 9.08. The zero-order valence-electron chi connectivity index (χ0n) is 10.3. The monoisotopic (exact) mass is 315 g/mol. The molecule has 0 amide bonds. The molecule has 94 valence electrons. The van der Waals surface area contributed by atoms with E-state index in [9.17, 15) is 0 Å². The smallest absolute Gasteiger partial charge is 0.195 e. The second-order valence-corrected chi connectivity index (χ2v) is 5.44. The molecule has 2 aromatic rings. The fraction of sp³-hybridized carbons (Fsp3) is 0.583. The number of anilines is 1. The summed E-state index contributed by atoms with van der Waals surface area (Å²) < 4.78 is 2.18. The van der Waals surface area contributed by atoms with Gasteiger partial charge in [0.05, 0.1) is 5.69 Å². The van der Waals surface area contributed by atoms with Gasteiger partial charge in [-0.3, -0.25) is 4.40 Å². The minimum atomic E-state index is 0.850. The average molecular weight is 316 g/mol. The summed E-state index contributed by atoms with van der Waals surface area (Å²) in [6, 6.07) is 0. The number of aromatic nitrogens is 2. The summed E-state index contributed by atoms with van der Waals surface area (Å²) in [5.41, 5.74) is 1.26. The summed E-state index contributed by atoms with van der Waals surface area (Å²) in [7, 11) is 0. The van der Waals surface area contributed by atoms with Gasteiger partial charge in [-0.25, -0.2) is 4.98 Å². The summed E-state index contributed by atoms with van der Waals surface area (Å²) >= 11 is 5.27. The van der Waals surface area contributed by atoms with Crippen molar-refractivity contribution in [3.63, 3.8) is 0 Å². The first kappa shape index (κ1) is 12.9. The average Bonchev–Trinajstić information content (AvgIpc) is 2.90. The van der Waals surface area contributed by atoms with Crippen molar-refractivity contribution in [2.24, 2.45) is 0 Å². The number of unbranched alkanes of at least 4 members (excludes halogenated alkanes) is 1. The van der Waals surface area contributed by atoms with Crippen LogP contribution in [-0.2, 0) is 5.33 Å². The Morgan fingerprint density at radius 1 is 1.47 bits per heavy atom. The summed E-state index contributed by atoms with van der Waals surface area (Å²) in [6.07, 6.45) is 4.55. The van der Waals surface area contributed by atoms with Gasteiger partial charge in [-0.2, -0.15) is 0 Å². The molecule has 0 aliphatic rings. The molecule has 0 saturated carbocycles. The Hall–Kier alpha value is -0.550.